The first-order valence-electron chi connectivity index (χ1n) is 13.9. The Morgan fingerprint density at radius 3 is 2.24 bits per heavy atom. The van der Waals surface area contributed by atoms with Crippen LogP contribution in [0, 0.1) is 18.6 Å². The minimum atomic E-state index is -4.98. The highest BCUT2D eigenvalue weighted by molar-refractivity contribution is 5.68. The van der Waals surface area contributed by atoms with E-state index < -0.39 is 65.4 Å². The van der Waals surface area contributed by atoms with E-state index in [1.807, 2.05) is 0 Å². The third kappa shape index (κ3) is 6.61. The molecule has 0 bridgehead atoms. The highest BCUT2D eigenvalue weighted by Gasteiger charge is 2.35. The zero-order chi connectivity index (χ0) is 33.1. The van der Waals surface area contributed by atoms with Crippen LogP contribution in [0.1, 0.15) is 41.8 Å². The Morgan fingerprint density at radius 1 is 0.978 bits per heavy atom. The third-order valence-electron chi connectivity index (χ3n) is 7.51. The monoisotopic (exact) mass is 631 g/mol. The fraction of sp³-hybridized carbons (Fsp3) is 0.281. The van der Waals surface area contributed by atoms with E-state index in [1.54, 1.807) is 37.3 Å². The minimum Gasteiger partial charge on any atom is -0.494 e. The van der Waals surface area contributed by atoms with Crippen molar-refractivity contribution in [2.24, 2.45) is 0 Å². The van der Waals surface area contributed by atoms with Crippen LogP contribution in [0.5, 0.6) is 5.75 Å². The Kier molecular flexibility index (Phi) is 9.79. The molecule has 0 fully saturated rings. The van der Waals surface area contributed by atoms with Crippen molar-refractivity contribution in [2.75, 3.05) is 13.7 Å². The molecule has 0 radical (unpaired) electrons. The van der Waals surface area contributed by atoms with E-state index in [4.69, 9.17) is 4.74 Å². The zero-order valence-electron chi connectivity index (χ0n) is 24.6. The van der Waals surface area contributed by atoms with Crippen LogP contribution < -0.4 is 16.0 Å². The first kappa shape index (κ1) is 33.0. The summed E-state index contributed by atoms with van der Waals surface area (Å²) in [7, 11) is 1.20. The second kappa shape index (κ2) is 13.4. The number of benzene rings is 3. The number of amides is 1. The summed E-state index contributed by atoms with van der Waals surface area (Å²) in [6, 6.07) is 13.3. The van der Waals surface area contributed by atoms with E-state index in [0.717, 1.165) is 21.6 Å². The topological polar surface area (TPSA) is 93.8 Å². The van der Waals surface area contributed by atoms with Gasteiger partial charge in [0.05, 0.1) is 37.4 Å². The molecule has 13 heteroatoms. The first-order chi connectivity index (χ1) is 21.3. The molecule has 4 rings (SSSR count). The molecule has 0 spiro atoms. The molecule has 1 N–H and O–H groups in total. The van der Waals surface area contributed by atoms with Gasteiger partial charge in [0.2, 0.25) is 0 Å². The van der Waals surface area contributed by atoms with E-state index in [9.17, 15) is 37.1 Å². The Morgan fingerprint density at radius 2 is 1.64 bits per heavy atom. The van der Waals surface area contributed by atoms with Gasteiger partial charge in [-0.05, 0) is 37.1 Å². The van der Waals surface area contributed by atoms with Gasteiger partial charge in [-0.2, -0.15) is 13.2 Å². The highest BCUT2D eigenvalue weighted by atomic mass is 19.4. The van der Waals surface area contributed by atoms with Crippen molar-refractivity contribution in [2.45, 2.75) is 45.6 Å². The van der Waals surface area contributed by atoms with Gasteiger partial charge in [-0.1, -0.05) is 55.5 Å². The lowest BCUT2D eigenvalue weighted by atomic mass is 10.0. The van der Waals surface area contributed by atoms with Crippen molar-refractivity contribution in [1.29, 1.82) is 0 Å². The molecule has 0 aliphatic rings. The molecule has 1 amide bonds. The summed E-state index contributed by atoms with van der Waals surface area (Å²) in [5.74, 6) is -2.46. The molecule has 0 saturated carbocycles. The molecule has 0 saturated heterocycles. The van der Waals surface area contributed by atoms with E-state index in [2.05, 4.69) is 0 Å². The fourth-order valence-electron chi connectivity index (χ4n) is 5.32. The largest absolute Gasteiger partial charge is 0.494 e. The fourth-order valence-corrected chi connectivity index (χ4v) is 5.32. The molecule has 4 aromatic rings. The number of aromatic nitrogens is 2. The molecule has 238 valence electrons. The van der Waals surface area contributed by atoms with Gasteiger partial charge in [-0.25, -0.2) is 18.4 Å². The molecule has 1 atom stereocenters. The molecule has 1 unspecified atom stereocenters. The van der Waals surface area contributed by atoms with Crippen molar-refractivity contribution in [1.82, 2.24) is 14.0 Å². The highest BCUT2D eigenvalue weighted by Crippen LogP contribution is 2.34. The van der Waals surface area contributed by atoms with Crippen LogP contribution >= 0.6 is 0 Å². The minimum absolute atomic E-state index is 0.0191. The van der Waals surface area contributed by atoms with Crippen molar-refractivity contribution >= 4 is 6.09 Å². The second-order valence-electron chi connectivity index (χ2n) is 10.2. The average molecular weight is 632 g/mol. The summed E-state index contributed by atoms with van der Waals surface area (Å²) in [4.78, 5) is 41.5. The third-order valence-corrected chi connectivity index (χ3v) is 7.51. The van der Waals surface area contributed by atoms with E-state index in [-0.39, 0.29) is 29.1 Å². The van der Waals surface area contributed by atoms with Crippen molar-refractivity contribution in [3.05, 3.63) is 122 Å². The SMILES string of the molecule is CCCN(C(=O)O)C(Cn1c(=O)c(-c2cccc(OC)c2F)c(C)n(Cc2c(F)cccc2C(F)(F)F)c1=O)c1ccccc1. The molecular formula is C32H30F5N3O5. The van der Waals surface area contributed by atoms with Gasteiger partial charge < -0.3 is 9.84 Å². The quantitative estimate of drug-likeness (QED) is 0.203. The summed E-state index contributed by atoms with van der Waals surface area (Å²) in [5, 5.41) is 10.1. The Hall–Kier alpha value is -4.94. The maximum Gasteiger partial charge on any atom is 0.416 e. The molecule has 45 heavy (non-hydrogen) atoms. The lowest BCUT2D eigenvalue weighted by Gasteiger charge is -2.30. The number of carboxylic acid groups (broad SMARTS) is 1. The van der Waals surface area contributed by atoms with E-state index >= 15 is 4.39 Å². The van der Waals surface area contributed by atoms with Crippen LogP contribution in [0.2, 0.25) is 0 Å². The van der Waals surface area contributed by atoms with Crippen LogP contribution in [0.25, 0.3) is 11.1 Å². The zero-order valence-corrected chi connectivity index (χ0v) is 24.6. The Balaban J connectivity index is 2.06. The number of halogens is 5. The average Bonchev–Trinajstić information content (AvgIpc) is 3.00. The summed E-state index contributed by atoms with van der Waals surface area (Å²) in [5.41, 5.74) is -4.86. The Labute approximate surface area is 254 Å². The van der Waals surface area contributed by atoms with Crippen LogP contribution in [0.3, 0.4) is 0 Å². The first-order valence-corrected chi connectivity index (χ1v) is 13.9. The lowest BCUT2D eigenvalue weighted by molar-refractivity contribution is -0.138. The number of hydrogen-bond acceptors (Lipinski definition) is 4. The van der Waals surface area contributed by atoms with E-state index in [1.165, 1.54) is 32.2 Å². The van der Waals surface area contributed by atoms with Crippen LogP contribution in [0.4, 0.5) is 26.7 Å². The second-order valence-corrected chi connectivity index (χ2v) is 10.2. The maximum absolute atomic E-state index is 15.6. The van der Waals surface area contributed by atoms with Crippen molar-refractivity contribution in [3.63, 3.8) is 0 Å². The lowest BCUT2D eigenvalue weighted by Crippen LogP contribution is -2.46. The van der Waals surface area contributed by atoms with Gasteiger partial charge in [0.15, 0.2) is 11.6 Å². The molecular weight excluding hydrogens is 601 g/mol. The maximum atomic E-state index is 15.6. The van der Waals surface area contributed by atoms with Crippen molar-refractivity contribution in [3.8, 4) is 16.9 Å². The summed E-state index contributed by atoms with van der Waals surface area (Å²) in [6.07, 6.45) is -5.94. The number of carbonyl (C=O) groups is 1. The number of nitrogens with zero attached hydrogens (tertiary/aromatic N) is 3. The molecule has 0 aliphatic carbocycles. The smallest absolute Gasteiger partial charge is 0.416 e. The van der Waals surface area contributed by atoms with Crippen LogP contribution in [-0.4, -0.2) is 38.9 Å². The summed E-state index contributed by atoms with van der Waals surface area (Å²) >= 11 is 0. The summed E-state index contributed by atoms with van der Waals surface area (Å²) < 4.78 is 78.8. The van der Waals surface area contributed by atoms with Crippen LogP contribution in [-0.2, 0) is 19.3 Å². The summed E-state index contributed by atoms with van der Waals surface area (Å²) in [6.45, 7) is 1.46. The standard InChI is InChI=1S/C32H30F5N3O5/c1-4-16-38(31(43)44)25(20-10-6-5-7-11-20)18-40-29(41)27(21-12-8-15-26(45-3)28(21)34)19(2)39(30(40)42)17-22-23(32(35,36)37)13-9-14-24(22)33/h5-15,25H,4,16-18H2,1-3H3,(H,43,44). The predicted octanol–water partition coefficient (Wildman–Crippen LogP) is 6.47. The van der Waals surface area contributed by atoms with Gasteiger partial charge in [0, 0.05) is 23.4 Å². The number of rotatable bonds is 10. The van der Waals surface area contributed by atoms with Gasteiger partial charge in [-0.15, -0.1) is 0 Å². The number of ether oxygens (including phenoxy) is 1. The van der Waals surface area contributed by atoms with Crippen LogP contribution in [0.15, 0.2) is 76.3 Å². The number of methoxy groups -OCH3 is 1. The predicted molar refractivity (Wildman–Crippen MR) is 156 cm³/mol. The number of hydrogen-bond donors (Lipinski definition) is 1. The molecule has 8 nitrogen and oxygen atoms in total. The normalized spacial score (nSPS) is 12.2. The molecule has 1 aromatic heterocycles. The van der Waals surface area contributed by atoms with E-state index in [0.29, 0.717) is 22.6 Å². The number of alkyl halides is 3. The van der Waals surface area contributed by atoms with Gasteiger partial charge >= 0.3 is 18.0 Å². The molecule has 0 aliphatic heterocycles. The molecule has 1 heterocycles. The van der Waals surface area contributed by atoms with Gasteiger partial charge in [0.25, 0.3) is 5.56 Å². The van der Waals surface area contributed by atoms with Gasteiger partial charge in [-0.3, -0.25) is 18.8 Å². The van der Waals surface area contributed by atoms with Gasteiger partial charge in [0.1, 0.15) is 5.82 Å². The molecule has 3 aromatic carbocycles. The Bertz CT molecular complexity index is 1820. The van der Waals surface area contributed by atoms with Crippen molar-refractivity contribution < 1.29 is 36.6 Å².